The Kier molecular flexibility index (Phi) is 11.5. The minimum Gasteiger partial charge on any atom is -0.507 e. The second-order valence-corrected chi connectivity index (χ2v) is 18.5. The lowest BCUT2D eigenvalue weighted by Crippen LogP contribution is -2.52. The van der Waals surface area contributed by atoms with Gasteiger partial charge >= 0.3 is 0 Å². The molecule has 0 saturated carbocycles. The van der Waals surface area contributed by atoms with E-state index < -0.39 is 18.1 Å². The highest BCUT2D eigenvalue weighted by Gasteiger charge is 2.44. The van der Waals surface area contributed by atoms with Crippen LogP contribution in [0.1, 0.15) is 80.6 Å². The monoisotopic (exact) mass is 871 g/mol. The predicted octanol–water partition coefficient (Wildman–Crippen LogP) is 6.18. The molecule has 3 N–H and O–H groups in total. The van der Waals surface area contributed by atoms with Gasteiger partial charge in [0.15, 0.2) is 11.6 Å². The maximum atomic E-state index is 14.3. The molecule has 15 nitrogen and oxygen atoms in total. The minimum absolute atomic E-state index is 0.0517. The number of hydrogen-bond donors (Lipinski definition) is 3. The number of nitrogens with one attached hydrogen (secondary N) is 1. The molecule has 9 rings (SSSR count). The molecular weight excluding hydrogens is 819 g/mol. The summed E-state index contributed by atoms with van der Waals surface area (Å²) in [5.74, 6) is -0.0518. The number of rotatable bonds is 11. The molecule has 3 aliphatic heterocycles. The van der Waals surface area contributed by atoms with E-state index >= 15 is 0 Å². The van der Waals surface area contributed by atoms with Crippen molar-refractivity contribution >= 4 is 45.9 Å². The van der Waals surface area contributed by atoms with Crippen molar-refractivity contribution in [2.24, 2.45) is 18.9 Å². The van der Waals surface area contributed by atoms with E-state index in [0.29, 0.717) is 61.9 Å². The zero-order valence-corrected chi connectivity index (χ0v) is 37.0. The number of aromatic hydroxyl groups is 1. The Balaban J connectivity index is 0.791. The summed E-state index contributed by atoms with van der Waals surface area (Å²) in [6.07, 6.45) is 0.659. The molecule has 328 valence electrons. The number of aliphatic hydroxyl groups is 1. The molecule has 16 heteroatoms. The van der Waals surface area contributed by atoms with Crippen LogP contribution in [-0.2, 0) is 21.4 Å². The standard InChI is InChI=1S/C47H53N9O6S/c1-26(2)43(47(61)56-24-33(57)18-39(56)45(59)49-27(3)29-10-12-30(13-11-29)44-28(4)48-25-63-44)41-21-42(52-62-41)54-16-14-31(15-17-54)46(60)55-22-32(23-55)37-20-36-38(53(37)5)19-35(50-51-36)34-8-6-7-9-40(34)58/h6-13,19-21,25-27,31-33,39,43,57-58H,14-18,22-24H2,1-5H3,(H,49,59)/t27-,33+,39-,43+/m0/s1. The molecule has 63 heavy (non-hydrogen) atoms. The third kappa shape index (κ3) is 8.17. The van der Waals surface area contributed by atoms with E-state index in [1.54, 1.807) is 23.5 Å². The summed E-state index contributed by atoms with van der Waals surface area (Å²) < 4.78 is 7.98. The Morgan fingerprint density at radius 2 is 1.70 bits per heavy atom. The lowest BCUT2D eigenvalue weighted by molar-refractivity contribution is -0.141. The molecule has 0 bridgehead atoms. The summed E-state index contributed by atoms with van der Waals surface area (Å²) >= 11 is 1.59. The number of benzene rings is 2. The topological polar surface area (TPSA) is 183 Å². The van der Waals surface area contributed by atoms with Crippen molar-refractivity contribution in [1.82, 2.24) is 40.0 Å². The van der Waals surface area contributed by atoms with Gasteiger partial charge in [-0.2, -0.15) is 0 Å². The number of phenolic OH excluding ortho intramolecular Hbond substituents is 1. The second kappa shape index (κ2) is 17.2. The van der Waals surface area contributed by atoms with E-state index in [1.165, 1.54) is 4.90 Å². The lowest BCUT2D eigenvalue weighted by Gasteiger charge is -2.42. The summed E-state index contributed by atoms with van der Waals surface area (Å²) in [7, 11) is 2.00. The van der Waals surface area contributed by atoms with Gasteiger partial charge in [-0.05, 0) is 68.0 Å². The first-order chi connectivity index (χ1) is 30.3. The Morgan fingerprint density at radius 3 is 2.40 bits per heavy atom. The Morgan fingerprint density at radius 1 is 0.952 bits per heavy atom. The highest BCUT2D eigenvalue weighted by Crippen LogP contribution is 2.37. The van der Waals surface area contributed by atoms with Crippen LogP contribution in [0.25, 0.3) is 32.7 Å². The smallest absolute Gasteiger partial charge is 0.243 e. The largest absolute Gasteiger partial charge is 0.507 e. The Hall–Kier alpha value is -6.13. The predicted molar refractivity (Wildman–Crippen MR) is 239 cm³/mol. The highest BCUT2D eigenvalue weighted by molar-refractivity contribution is 7.13. The van der Waals surface area contributed by atoms with E-state index in [-0.39, 0.29) is 60.2 Å². The molecular formula is C47H53N9O6S. The average Bonchev–Trinajstić information content (AvgIpc) is 4.07. The number of likely N-dealkylation sites (tertiary alicyclic amines) is 2. The summed E-state index contributed by atoms with van der Waals surface area (Å²) in [5.41, 5.74) is 8.82. The first kappa shape index (κ1) is 42.2. The molecule has 0 spiro atoms. The maximum absolute atomic E-state index is 14.3. The number of nitrogens with zero attached hydrogens (tertiary/aromatic N) is 8. The summed E-state index contributed by atoms with van der Waals surface area (Å²) in [5, 5.41) is 37.3. The number of aliphatic hydroxyl groups excluding tert-OH is 1. The number of fused-ring (bicyclic) bond motifs is 1. The summed E-state index contributed by atoms with van der Waals surface area (Å²) in [6, 6.07) is 19.8. The van der Waals surface area contributed by atoms with Crippen molar-refractivity contribution in [3.05, 3.63) is 95.0 Å². The first-order valence-corrected chi connectivity index (χ1v) is 22.6. The number of hydrogen-bond acceptors (Lipinski definition) is 12. The molecule has 0 unspecified atom stereocenters. The Bertz CT molecular complexity index is 2640. The normalized spacial score (nSPS) is 19.4. The van der Waals surface area contributed by atoms with Gasteiger partial charge in [0.05, 0.1) is 39.4 Å². The molecule has 4 aromatic heterocycles. The van der Waals surface area contributed by atoms with Crippen LogP contribution in [0.3, 0.4) is 0 Å². The fourth-order valence-electron chi connectivity index (χ4n) is 9.50. The molecule has 2 aromatic carbocycles. The van der Waals surface area contributed by atoms with E-state index in [0.717, 1.165) is 38.4 Å². The number of amides is 3. The van der Waals surface area contributed by atoms with Crippen LogP contribution in [0.2, 0.25) is 0 Å². The number of anilines is 1. The molecule has 3 amide bonds. The molecule has 3 aliphatic rings. The van der Waals surface area contributed by atoms with Gasteiger partial charge in [-0.25, -0.2) is 4.98 Å². The summed E-state index contributed by atoms with van der Waals surface area (Å²) in [4.78, 5) is 52.7. The number of β-amino-alcohol motifs (C(OH)–C–C–N with tert-alkyl or cyclic N) is 1. The quantitative estimate of drug-likeness (QED) is 0.135. The van der Waals surface area contributed by atoms with Crippen LogP contribution in [-0.4, -0.2) is 108 Å². The molecule has 3 saturated heterocycles. The van der Waals surface area contributed by atoms with Crippen molar-refractivity contribution < 1.29 is 29.1 Å². The maximum Gasteiger partial charge on any atom is 0.243 e. The van der Waals surface area contributed by atoms with Crippen LogP contribution in [0, 0.1) is 18.8 Å². The number of carbonyl (C=O) groups excluding carboxylic acids is 3. The van der Waals surface area contributed by atoms with E-state index in [1.807, 2.05) is 99.8 Å². The van der Waals surface area contributed by atoms with Crippen molar-refractivity contribution in [1.29, 1.82) is 0 Å². The van der Waals surface area contributed by atoms with Gasteiger partial charge in [-0.15, -0.1) is 21.5 Å². The third-order valence-electron chi connectivity index (χ3n) is 13.2. The fourth-order valence-corrected chi connectivity index (χ4v) is 10.3. The number of carbonyl (C=O) groups is 3. The number of phenols is 1. The minimum atomic E-state index is -0.832. The first-order valence-electron chi connectivity index (χ1n) is 21.8. The number of thiazole rings is 1. The fraction of sp³-hybridized carbons (Fsp3) is 0.426. The van der Waals surface area contributed by atoms with Crippen LogP contribution in [0.4, 0.5) is 5.82 Å². The van der Waals surface area contributed by atoms with Gasteiger partial charge in [-0.1, -0.05) is 55.4 Å². The van der Waals surface area contributed by atoms with Gasteiger partial charge in [0.2, 0.25) is 17.7 Å². The molecule has 7 heterocycles. The van der Waals surface area contributed by atoms with E-state index in [2.05, 4.69) is 35.1 Å². The highest BCUT2D eigenvalue weighted by atomic mass is 32.1. The van der Waals surface area contributed by atoms with Crippen LogP contribution < -0.4 is 10.2 Å². The van der Waals surface area contributed by atoms with Gasteiger partial charge in [0, 0.05) is 75.4 Å². The summed E-state index contributed by atoms with van der Waals surface area (Å²) in [6.45, 7) is 10.3. The van der Waals surface area contributed by atoms with E-state index in [4.69, 9.17) is 4.52 Å². The Labute approximate surface area is 369 Å². The van der Waals surface area contributed by atoms with Gasteiger partial charge < -0.3 is 39.3 Å². The molecule has 0 aliphatic carbocycles. The number of aromatic nitrogens is 5. The zero-order valence-electron chi connectivity index (χ0n) is 36.1. The van der Waals surface area contributed by atoms with Crippen LogP contribution in [0.5, 0.6) is 5.75 Å². The molecule has 4 atom stereocenters. The SMILES string of the molecule is Cc1ncsc1-c1ccc([C@H](C)NC(=O)[C@@H]2C[C@@H](O)CN2C(=O)[C@@H](c2cc(N3CCC(C(=O)N4CC(c5cc6nnc(-c7ccccc7O)cc6n5C)C4)CC3)no2)C(C)C)cc1. The van der Waals surface area contributed by atoms with E-state index in [9.17, 15) is 24.6 Å². The van der Waals surface area contributed by atoms with Crippen molar-refractivity contribution in [2.75, 3.05) is 37.6 Å². The molecule has 6 aromatic rings. The van der Waals surface area contributed by atoms with Gasteiger partial charge in [0.1, 0.15) is 23.2 Å². The van der Waals surface area contributed by atoms with Gasteiger partial charge in [-0.3, -0.25) is 14.4 Å². The van der Waals surface area contributed by atoms with Crippen molar-refractivity contribution in [3.8, 4) is 27.4 Å². The van der Waals surface area contributed by atoms with Gasteiger partial charge in [0.25, 0.3) is 0 Å². The number of piperidine rings is 1. The van der Waals surface area contributed by atoms with Crippen LogP contribution in [0.15, 0.2) is 76.8 Å². The molecule has 3 fully saturated rings. The molecule has 0 radical (unpaired) electrons. The van der Waals surface area contributed by atoms with Crippen LogP contribution >= 0.6 is 11.3 Å². The van der Waals surface area contributed by atoms with Crippen molar-refractivity contribution in [3.63, 3.8) is 0 Å². The third-order valence-corrected chi connectivity index (χ3v) is 14.2. The zero-order chi connectivity index (χ0) is 44.1. The second-order valence-electron chi connectivity index (χ2n) is 17.7. The number of aryl methyl sites for hydroxylation is 2. The lowest BCUT2D eigenvalue weighted by atomic mass is 9.90. The average molecular weight is 872 g/mol. The van der Waals surface area contributed by atoms with Crippen molar-refractivity contribution in [2.45, 2.75) is 77.0 Å². The number of para-hydroxylation sites is 1.